The van der Waals surface area contributed by atoms with Gasteiger partial charge in [-0.15, -0.1) is 0 Å². The Kier molecular flexibility index (Phi) is 2.94. The maximum Gasteiger partial charge on any atom is 0.255 e. The largest absolute Gasteiger partial charge is 0.316 e. The maximum absolute atomic E-state index is 12.5. The first-order chi connectivity index (χ1) is 6.15. The Labute approximate surface area is 74.7 Å². The third kappa shape index (κ3) is 2.24. The van der Waals surface area contributed by atoms with Crippen LogP contribution in [0, 0.1) is 5.82 Å². The summed E-state index contributed by atoms with van der Waals surface area (Å²) in [6, 6.07) is 4.49. The minimum absolute atomic E-state index is 0.371. The summed E-state index contributed by atoms with van der Waals surface area (Å²) < 4.78 is 12.5. The summed E-state index contributed by atoms with van der Waals surface area (Å²) in [6.45, 7) is 0. The lowest BCUT2D eigenvalue weighted by molar-refractivity contribution is -0.122. The van der Waals surface area contributed by atoms with Crippen LogP contribution in [-0.2, 0) is 4.79 Å². The highest BCUT2D eigenvalue weighted by atomic mass is 19.1. The SMILES string of the molecule is NNC(=O)[C@@H](N)c1ccc(F)cc1. The summed E-state index contributed by atoms with van der Waals surface area (Å²) in [5.74, 6) is 4.01. The minimum atomic E-state index is -0.856. The van der Waals surface area contributed by atoms with Crippen molar-refractivity contribution in [1.29, 1.82) is 0 Å². The molecular weight excluding hydrogens is 173 g/mol. The van der Waals surface area contributed by atoms with Crippen molar-refractivity contribution in [3.8, 4) is 0 Å². The van der Waals surface area contributed by atoms with Gasteiger partial charge in [-0.05, 0) is 17.7 Å². The molecule has 0 spiro atoms. The fourth-order valence-corrected chi connectivity index (χ4v) is 0.911. The zero-order valence-electron chi connectivity index (χ0n) is 6.83. The van der Waals surface area contributed by atoms with Gasteiger partial charge in [0.2, 0.25) is 0 Å². The van der Waals surface area contributed by atoms with E-state index in [1.165, 1.54) is 24.3 Å². The number of carbonyl (C=O) groups is 1. The van der Waals surface area contributed by atoms with E-state index < -0.39 is 11.9 Å². The zero-order chi connectivity index (χ0) is 9.84. The molecule has 5 heteroatoms. The van der Waals surface area contributed by atoms with E-state index in [4.69, 9.17) is 11.6 Å². The lowest BCUT2D eigenvalue weighted by atomic mass is 10.1. The van der Waals surface area contributed by atoms with Crippen molar-refractivity contribution >= 4 is 5.91 Å². The molecule has 0 bridgehead atoms. The van der Waals surface area contributed by atoms with Gasteiger partial charge < -0.3 is 5.73 Å². The third-order valence-corrected chi connectivity index (χ3v) is 1.65. The van der Waals surface area contributed by atoms with Crippen LogP contribution in [-0.4, -0.2) is 5.91 Å². The molecule has 0 aliphatic carbocycles. The standard InChI is InChI=1S/C8H10FN3O/c9-6-3-1-5(2-4-6)7(10)8(13)12-11/h1-4,7H,10-11H2,(H,12,13)/t7-/m0/s1. The number of amides is 1. The molecule has 0 aliphatic heterocycles. The van der Waals surface area contributed by atoms with Crippen molar-refractivity contribution in [3.63, 3.8) is 0 Å². The monoisotopic (exact) mass is 183 g/mol. The molecule has 0 radical (unpaired) electrons. The molecule has 13 heavy (non-hydrogen) atoms. The van der Waals surface area contributed by atoms with Crippen LogP contribution in [0.3, 0.4) is 0 Å². The lowest BCUT2D eigenvalue weighted by Gasteiger charge is -2.09. The fraction of sp³-hybridized carbons (Fsp3) is 0.125. The normalized spacial score (nSPS) is 12.2. The van der Waals surface area contributed by atoms with E-state index in [1.54, 1.807) is 0 Å². The molecule has 5 N–H and O–H groups in total. The molecular formula is C8H10FN3O. The Balaban J connectivity index is 2.83. The predicted molar refractivity (Wildman–Crippen MR) is 45.7 cm³/mol. The molecule has 0 aromatic heterocycles. The second kappa shape index (κ2) is 3.97. The quantitative estimate of drug-likeness (QED) is 0.338. The van der Waals surface area contributed by atoms with Gasteiger partial charge in [0.05, 0.1) is 0 Å². The van der Waals surface area contributed by atoms with Crippen LogP contribution in [0.2, 0.25) is 0 Å². The highest BCUT2D eigenvalue weighted by Crippen LogP contribution is 2.10. The summed E-state index contributed by atoms with van der Waals surface area (Å²) in [5.41, 5.74) is 7.92. The summed E-state index contributed by atoms with van der Waals surface area (Å²) >= 11 is 0. The molecule has 1 amide bonds. The van der Waals surface area contributed by atoms with E-state index in [-0.39, 0.29) is 5.82 Å². The molecule has 0 fully saturated rings. The van der Waals surface area contributed by atoms with Gasteiger partial charge in [0.15, 0.2) is 0 Å². The second-order valence-corrected chi connectivity index (χ2v) is 2.54. The van der Waals surface area contributed by atoms with Crippen molar-refractivity contribution in [2.75, 3.05) is 0 Å². The number of halogens is 1. The average molecular weight is 183 g/mol. The second-order valence-electron chi connectivity index (χ2n) is 2.54. The van der Waals surface area contributed by atoms with Crippen molar-refractivity contribution in [2.45, 2.75) is 6.04 Å². The van der Waals surface area contributed by atoms with Crippen LogP contribution in [0.1, 0.15) is 11.6 Å². The van der Waals surface area contributed by atoms with Gasteiger partial charge in [-0.3, -0.25) is 10.2 Å². The Bertz CT molecular complexity index is 299. The average Bonchev–Trinajstić information content (AvgIpc) is 2.17. The molecule has 0 unspecified atom stereocenters. The molecule has 4 nitrogen and oxygen atoms in total. The van der Waals surface area contributed by atoms with E-state index in [9.17, 15) is 9.18 Å². The first-order valence-electron chi connectivity index (χ1n) is 3.66. The molecule has 70 valence electrons. The van der Waals surface area contributed by atoms with Crippen molar-refractivity contribution in [2.24, 2.45) is 11.6 Å². The summed E-state index contributed by atoms with van der Waals surface area (Å²) in [5, 5.41) is 0. The molecule has 1 aromatic carbocycles. The number of rotatable bonds is 2. The number of carbonyl (C=O) groups excluding carboxylic acids is 1. The number of hydrogen-bond acceptors (Lipinski definition) is 3. The smallest absolute Gasteiger partial charge is 0.255 e. The van der Waals surface area contributed by atoms with Crippen LogP contribution in [0.15, 0.2) is 24.3 Å². The van der Waals surface area contributed by atoms with Crippen molar-refractivity contribution < 1.29 is 9.18 Å². The number of nitrogens with one attached hydrogen (secondary N) is 1. The van der Waals surface area contributed by atoms with Gasteiger partial charge in [0.1, 0.15) is 11.9 Å². The molecule has 0 aliphatic rings. The van der Waals surface area contributed by atoms with Crippen LogP contribution in [0.5, 0.6) is 0 Å². The number of benzene rings is 1. The summed E-state index contributed by atoms with van der Waals surface area (Å²) in [6.07, 6.45) is 0. The Morgan fingerprint density at radius 2 is 1.92 bits per heavy atom. The van der Waals surface area contributed by atoms with E-state index >= 15 is 0 Å². The van der Waals surface area contributed by atoms with Crippen LogP contribution >= 0.6 is 0 Å². The Morgan fingerprint density at radius 1 is 1.38 bits per heavy atom. The molecule has 0 saturated carbocycles. The van der Waals surface area contributed by atoms with Crippen molar-refractivity contribution in [3.05, 3.63) is 35.6 Å². The van der Waals surface area contributed by atoms with E-state index in [2.05, 4.69) is 0 Å². The van der Waals surface area contributed by atoms with E-state index in [1.807, 2.05) is 5.43 Å². The first kappa shape index (κ1) is 9.63. The van der Waals surface area contributed by atoms with Gasteiger partial charge in [0, 0.05) is 0 Å². The van der Waals surface area contributed by atoms with Gasteiger partial charge >= 0.3 is 0 Å². The molecule has 1 atom stereocenters. The minimum Gasteiger partial charge on any atom is -0.316 e. The number of nitrogens with two attached hydrogens (primary N) is 2. The Hall–Kier alpha value is -1.46. The van der Waals surface area contributed by atoms with E-state index in [0.29, 0.717) is 5.56 Å². The van der Waals surface area contributed by atoms with Gasteiger partial charge in [-0.1, -0.05) is 12.1 Å². The summed E-state index contributed by atoms with van der Waals surface area (Å²) in [7, 11) is 0. The lowest BCUT2D eigenvalue weighted by Crippen LogP contribution is -2.38. The van der Waals surface area contributed by atoms with Crippen LogP contribution in [0.25, 0.3) is 0 Å². The van der Waals surface area contributed by atoms with Crippen molar-refractivity contribution in [1.82, 2.24) is 5.43 Å². The van der Waals surface area contributed by atoms with Gasteiger partial charge in [-0.25, -0.2) is 10.2 Å². The predicted octanol–water partition coefficient (Wildman–Crippen LogP) is -0.185. The summed E-state index contributed by atoms with van der Waals surface area (Å²) in [4.78, 5) is 10.9. The maximum atomic E-state index is 12.5. The van der Waals surface area contributed by atoms with Gasteiger partial charge in [0.25, 0.3) is 5.91 Å². The molecule has 1 aromatic rings. The first-order valence-corrected chi connectivity index (χ1v) is 3.66. The van der Waals surface area contributed by atoms with E-state index in [0.717, 1.165) is 0 Å². The molecule has 0 saturated heterocycles. The highest BCUT2D eigenvalue weighted by molar-refractivity contribution is 5.82. The number of hydrogen-bond donors (Lipinski definition) is 3. The van der Waals surface area contributed by atoms with Crippen LogP contribution < -0.4 is 17.0 Å². The third-order valence-electron chi connectivity index (χ3n) is 1.65. The Morgan fingerprint density at radius 3 is 2.38 bits per heavy atom. The van der Waals surface area contributed by atoms with Crippen LogP contribution in [0.4, 0.5) is 4.39 Å². The molecule has 1 rings (SSSR count). The number of hydrazine groups is 1. The zero-order valence-corrected chi connectivity index (χ0v) is 6.83. The fourth-order valence-electron chi connectivity index (χ4n) is 0.911. The van der Waals surface area contributed by atoms with Gasteiger partial charge in [-0.2, -0.15) is 0 Å². The molecule has 0 heterocycles. The highest BCUT2D eigenvalue weighted by Gasteiger charge is 2.13. The topological polar surface area (TPSA) is 81.1 Å².